The van der Waals surface area contributed by atoms with E-state index in [1.54, 1.807) is 11.6 Å². The van der Waals surface area contributed by atoms with E-state index in [1.165, 1.54) is 16.2 Å². The van der Waals surface area contributed by atoms with E-state index in [1.807, 2.05) is 30.3 Å². The number of carbonyl (C=O) groups excluding carboxylic acids is 3. The minimum absolute atomic E-state index is 0.121. The maximum Gasteiger partial charge on any atom is 0.249 e. The molecular weight excluding hydrogens is 374 g/mol. The number of fused-ring (bicyclic) bond motifs is 5. The summed E-state index contributed by atoms with van der Waals surface area (Å²) in [4.78, 5) is 44.8. The molecular formula is C21H19N3O3S. The van der Waals surface area contributed by atoms with E-state index in [0.717, 1.165) is 12.0 Å². The fourth-order valence-electron chi connectivity index (χ4n) is 4.85. The molecule has 1 aliphatic heterocycles. The number of anilines is 1. The van der Waals surface area contributed by atoms with Gasteiger partial charge in [0.15, 0.2) is 5.13 Å². The Kier molecular flexibility index (Phi) is 4.12. The third kappa shape index (κ3) is 2.69. The number of imide groups is 1. The first kappa shape index (κ1) is 17.3. The lowest BCUT2D eigenvalue weighted by Crippen LogP contribution is -2.49. The Hall–Kier alpha value is -2.80. The monoisotopic (exact) mass is 393 g/mol. The van der Waals surface area contributed by atoms with Gasteiger partial charge in [0.2, 0.25) is 17.7 Å². The summed E-state index contributed by atoms with van der Waals surface area (Å²) in [6.07, 6.45) is 6.88. The van der Waals surface area contributed by atoms with Crippen LogP contribution in [0.15, 0.2) is 54.1 Å². The van der Waals surface area contributed by atoms with Crippen LogP contribution in [0, 0.1) is 23.7 Å². The van der Waals surface area contributed by atoms with E-state index >= 15 is 0 Å². The lowest BCUT2D eigenvalue weighted by molar-refractivity contribution is -0.147. The maximum absolute atomic E-state index is 13.2. The second-order valence-corrected chi connectivity index (χ2v) is 8.47. The summed E-state index contributed by atoms with van der Waals surface area (Å²) in [6.45, 7) is 0. The number of hydrogen-bond donors (Lipinski definition) is 1. The van der Waals surface area contributed by atoms with E-state index < -0.39 is 6.04 Å². The number of thiazole rings is 1. The van der Waals surface area contributed by atoms with Crippen molar-refractivity contribution in [1.82, 2.24) is 9.88 Å². The van der Waals surface area contributed by atoms with Crippen molar-refractivity contribution in [2.45, 2.75) is 18.9 Å². The Morgan fingerprint density at radius 2 is 1.82 bits per heavy atom. The molecule has 28 heavy (non-hydrogen) atoms. The Morgan fingerprint density at radius 3 is 2.43 bits per heavy atom. The second kappa shape index (κ2) is 6.67. The van der Waals surface area contributed by atoms with Crippen LogP contribution < -0.4 is 5.32 Å². The molecule has 2 heterocycles. The number of amides is 3. The van der Waals surface area contributed by atoms with Crippen molar-refractivity contribution in [3.8, 4) is 0 Å². The zero-order valence-corrected chi connectivity index (χ0v) is 15.8. The highest BCUT2D eigenvalue weighted by Gasteiger charge is 2.61. The lowest BCUT2D eigenvalue weighted by atomic mass is 9.85. The van der Waals surface area contributed by atoms with Crippen LogP contribution in [0.5, 0.6) is 0 Å². The maximum atomic E-state index is 13.2. The van der Waals surface area contributed by atoms with E-state index in [0.29, 0.717) is 5.13 Å². The van der Waals surface area contributed by atoms with Crippen molar-refractivity contribution in [3.05, 3.63) is 59.6 Å². The van der Waals surface area contributed by atoms with Gasteiger partial charge in [-0.05, 0) is 23.8 Å². The third-order valence-corrected chi connectivity index (χ3v) is 6.74. The third-order valence-electron chi connectivity index (χ3n) is 6.05. The van der Waals surface area contributed by atoms with Gasteiger partial charge < -0.3 is 5.32 Å². The van der Waals surface area contributed by atoms with Crippen LogP contribution in [0.3, 0.4) is 0 Å². The van der Waals surface area contributed by atoms with Gasteiger partial charge >= 0.3 is 0 Å². The molecule has 3 aliphatic rings. The first-order valence-electron chi connectivity index (χ1n) is 9.43. The van der Waals surface area contributed by atoms with Gasteiger partial charge in [-0.1, -0.05) is 42.5 Å². The Morgan fingerprint density at radius 1 is 1.14 bits per heavy atom. The van der Waals surface area contributed by atoms with Crippen LogP contribution in [0.2, 0.25) is 0 Å². The van der Waals surface area contributed by atoms with Crippen LogP contribution >= 0.6 is 11.3 Å². The van der Waals surface area contributed by atoms with Crippen LogP contribution in [-0.4, -0.2) is 33.6 Å². The van der Waals surface area contributed by atoms with Gasteiger partial charge in [0, 0.05) is 18.0 Å². The van der Waals surface area contributed by atoms with E-state index in [2.05, 4.69) is 22.5 Å². The molecule has 0 unspecified atom stereocenters. The summed E-state index contributed by atoms with van der Waals surface area (Å²) >= 11 is 1.31. The molecule has 3 amide bonds. The first-order valence-corrected chi connectivity index (χ1v) is 10.3. The van der Waals surface area contributed by atoms with Gasteiger partial charge in [-0.25, -0.2) is 4.98 Å². The zero-order chi connectivity index (χ0) is 19.3. The average molecular weight is 393 g/mol. The Labute approximate surface area is 166 Å². The van der Waals surface area contributed by atoms with Gasteiger partial charge in [-0.2, -0.15) is 0 Å². The summed E-state index contributed by atoms with van der Waals surface area (Å²) in [5, 5.41) is 5.00. The topological polar surface area (TPSA) is 79.4 Å². The molecule has 0 radical (unpaired) electrons. The smallest absolute Gasteiger partial charge is 0.249 e. The van der Waals surface area contributed by atoms with E-state index in [4.69, 9.17) is 0 Å². The minimum Gasteiger partial charge on any atom is -0.300 e. The van der Waals surface area contributed by atoms with Crippen molar-refractivity contribution in [2.24, 2.45) is 23.7 Å². The van der Waals surface area contributed by atoms with Gasteiger partial charge in [-0.3, -0.25) is 19.3 Å². The molecule has 7 heteroatoms. The number of aromatic nitrogens is 1. The molecule has 5 rings (SSSR count). The molecule has 1 saturated heterocycles. The fraction of sp³-hybridized carbons (Fsp3) is 0.333. The molecule has 2 aromatic rings. The molecule has 2 fully saturated rings. The van der Waals surface area contributed by atoms with Crippen molar-refractivity contribution >= 4 is 34.2 Å². The van der Waals surface area contributed by atoms with Gasteiger partial charge in [-0.15, -0.1) is 11.3 Å². The number of rotatable bonds is 5. The standard InChI is InChI=1S/C21H19N3O3S/c25-18(23-21-22-8-9-28-21)15(10-12-4-2-1-3-5-12)24-19(26)16-13-6-7-14(11-13)17(16)20(24)27/h1-9,13-17H,10-11H2,(H,22,23,25)/t13-,14-,15-,16-,17+/m0/s1. The van der Waals surface area contributed by atoms with E-state index in [-0.39, 0.29) is 47.8 Å². The van der Waals surface area contributed by atoms with Gasteiger partial charge in [0.1, 0.15) is 6.04 Å². The molecule has 1 aromatic heterocycles. The van der Waals surface area contributed by atoms with Crippen LogP contribution in [0.1, 0.15) is 12.0 Å². The van der Waals surface area contributed by atoms with Crippen LogP contribution in [-0.2, 0) is 20.8 Å². The number of benzene rings is 1. The van der Waals surface area contributed by atoms with Crippen molar-refractivity contribution in [3.63, 3.8) is 0 Å². The summed E-state index contributed by atoms with van der Waals surface area (Å²) in [6, 6.07) is 8.60. The predicted octanol–water partition coefficient (Wildman–Crippen LogP) is 2.50. The predicted molar refractivity (Wildman–Crippen MR) is 104 cm³/mol. The Bertz CT molecular complexity index is 927. The van der Waals surface area contributed by atoms with Crippen molar-refractivity contribution in [1.29, 1.82) is 0 Å². The summed E-state index contributed by atoms with van der Waals surface area (Å²) in [5.74, 6) is -1.17. The number of nitrogens with zero attached hydrogens (tertiary/aromatic N) is 2. The lowest BCUT2D eigenvalue weighted by Gasteiger charge is -2.26. The highest BCUT2D eigenvalue weighted by atomic mass is 32.1. The number of allylic oxidation sites excluding steroid dienone is 2. The number of carbonyl (C=O) groups is 3. The normalized spacial score (nSPS) is 28.6. The highest BCUT2D eigenvalue weighted by molar-refractivity contribution is 7.13. The molecule has 0 spiro atoms. The number of hydrogen-bond acceptors (Lipinski definition) is 5. The fourth-order valence-corrected chi connectivity index (χ4v) is 5.38. The van der Waals surface area contributed by atoms with Crippen LogP contribution in [0.25, 0.3) is 0 Å². The minimum atomic E-state index is -0.878. The quantitative estimate of drug-likeness (QED) is 0.625. The molecule has 5 atom stereocenters. The molecule has 2 bridgehead atoms. The average Bonchev–Trinajstić information content (AvgIpc) is 3.47. The second-order valence-electron chi connectivity index (χ2n) is 7.58. The molecule has 6 nitrogen and oxygen atoms in total. The van der Waals surface area contributed by atoms with Gasteiger partial charge in [0.25, 0.3) is 0 Å². The van der Waals surface area contributed by atoms with E-state index in [9.17, 15) is 14.4 Å². The summed E-state index contributed by atoms with van der Waals surface area (Å²) < 4.78 is 0. The molecule has 2 aliphatic carbocycles. The summed E-state index contributed by atoms with van der Waals surface area (Å²) in [7, 11) is 0. The van der Waals surface area contributed by atoms with Crippen molar-refractivity contribution in [2.75, 3.05) is 5.32 Å². The SMILES string of the molecule is O=C(Nc1nccs1)[C@H](Cc1ccccc1)N1C(=O)[C@@H]2[C@H](C1=O)[C@H]1C=C[C@H]2C1. The van der Waals surface area contributed by atoms with Gasteiger partial charge in [0.05, 0.1) is 11.8 Å². The first-order chi connectivity index (χ1) is 13.6. The largest absolute Gasteiger partial charge is 0.300 e. The highest BCUT2D eigenvalue weighted by Crippen LogP contribution is 2.53. The molecule has 1 N–H and O–H groups in total. The number of likely N-dealkylation sites (tertiary alicyclic amines) is 1. The number of nitrogens with one attached hydrogen (secondary N) is 1. The zero-order valence-electron chi connectivity index (χ0n) is 15.0. The Balaban J connectivity index is 1.46. The summed E-state index contributed by atoms with van der Waals surface area (Å²) in [5.41, 5.74) is 0.903. The van der Waals surface area contributed by atoms with Crippen LogP contribution in [0.4, 0.5) is 5.13 Å². The molecule has 142 valence electrons. The molecule has 1 aromatic carbocycles. The molecule has 1 saturated carbocycles. The van der Waals surface area contributed by atoms with Crippen molar-refractivity contribution < 1.29 is 14.4 Å².